The lowest BCUT2D eigenvalue weighted by atomic mass is 9.88. The minimum atomic E-state index is -0.438. The summed E-state index contributed by atoms with van der Waals surface area (Å²) in [5, 5.41) is 7.50. The molecule has 0 saturated carbocycles. The van der Waals surface area contributed by atoms with Gasteiger partial charge in [0.05, 0.1) is 11.4 Å². The first kappa shape index (κ1) is 24.1. The molecule has 4 aromatic carbocycles. The number of nitrogens with zero attached hydrogens (tertiary/aromatic N) is 2. The van der Waals surface area contributed by atoms with E-state index in [4.69, 9.17) is 0 Å². The molecule has 0 atom stereocenters. The highest BCUT2D eigenvalue weighted by molar-refractivity contribution is 5.94. The maximum atomic E-state index is 14.5. The quantitative estimate of drug-likeness (QED) is 0.259. The SMILES string of the molecule is O=C(NCCC(c1ccccc1)c1ccccc1)c1cc(-c2ccccc2F)nn1-c1ccc(F)cc1. The molecule has 184 valence electrons. The summed E-state index contributed by atoms with van der Waals surface area (Å²) in [6.07, 6.45) is 0.685. The van der Waals surface area contributed by atoms with E-state index in [0.717, 1.165) is 0 Å². The van der Waals surface area contributed by atoms with Gasteiger partial charge in [0.25, 0.3) is 5.91 Å². The van der Waals surface area contributed by atoms with Crippen molar-refractivity contribution in [2.75, 3.05) is 6.54 Å². The molecule has 1 aromatic heterocycles. The van der Waals surface area contributed by atoms with E-state index < -0.39 is 11.6 Å². The summed E-state index contributed by atoms with van der Waals surface area (Å²) in [7, 11) is 0. The predicted molar refractivity (Wildman–Crippen MR) is 141 cm³/mol. The zero-order chi connectivity index (χ0) is 25.6. The number of nitrogens with one attached hydrogen (secondary N) is 1. The second kappa shape index (κ2) is 11.0. The number of aromatic nitrogens is 2. The van der Waals surface area contributed by atoms with Crippen LogP contribution >= 0.6 is 0 Å². The molecular weight excluding hydrogens is 468 g/mol. The van der Waals surface area contributed by atoms with Gasteiger partial charge in [0, 0.05) is 18.0 Å². The topological polar surface area (TPSA) is 46.9 Å². The van der Waals surface area contributed by atoms with Crippen LogP contribution in [0.3, 0.4) is 0 Å². The molecule has 4 nitrogen and oxygen atoms in total. The molecule has 0 saturated heterocycles. The van der Waals surface area contributed by atoms with Crippen LogP contribution in [0, 0.1) is 11.6 Å². The number of carbonyl (C=O) groups excluding carboxylic acids is 1. The van der Waals surface area contributed by atoms with E-state index >= 15 is 0 Å². The number of carbonyl (C=O) groups is 1. The molecule has 1 amide bonds. The highest BCUT2D eigenvalue weighted by Gasteiger charge is 2.20. The molecule has 0 fully saturated rings. The summed E-state index contributed by atoms with van der Waals surface area (Å²) in [6.45, 7) is 0.414. The second-order valence-corrected chi connectivity index (χ2v) is 8.70. The molecule has 0 aliphatic heterocycles. The summed E-state index contributed by atoms with van der Waals surface area (Å²) in [4.78, 5) is 13.4. The number of halogens is 2. The van der Waals surface area contributed by atoms with Gasteiger partial charge in [0.1, 0.15) is 17.3 Å². The Balaban J connectivity index is 1.41. The molecule has 0 unspecified atom stereocenters. The van der Waals surface area contributed by atoms with E-state index in [-0.39, 0.29) is 23.1 Å². The van der Waals surface area contributed by atoms with E-state index in [9.17, 15) is 13.6 Å². The van der Waals surface area contributed by atoms with E-state index in [1.165, 1.54) is 46.1 Å². The van der Waals surface area contributed by atoms with E-state index in [2.05, 4.69) is 34.7 Å². The zero-order valence-corrected chi connectivity index (χ0v) is 20.0. The first-order valence-corrected chi connectivity index (χ1v) is 12.1. The Hall–Kier alpha value is -4.58. The fraction of sp³-hybridized carbons (Fsp3) is 0.0968. The number of rotatable bonds is 8. The van der Waals surface area contributed by atoms with Crippen LogP contribution in [0.25, 0.3) is 16.9 Å². The van der Waals surface area contributed by atoms with Gasteiger partial charge in [0.2, 0.25) is 0 Å². The Bertz CT molecular complexity index is 1440. The smallest absolute Gasteiger partial charge is 0.270 e. The average Bonchev–Trinajstić information content (AvgIpc) is 3.38. The monoisotopic (exact) mass is 493 g/mol. The second-order valence-electron chi connectivity index (χ2n) is 8.70. The lowest BCUT2D eigenvalue weighted by Gasteiger charge is -2.18. The van der Waals surface area contributed by atoms with Gasteiger partial charge in [-0.15, -0.1) is 0 Å². The van der Waals surface area contributed by atoms with Crippen molar-refractivity contribution in [2.24, 2.45) is 0 Å². The molecule has 0 aliphatic carbocycles. The summed E-state index contributed by atoms with van der Waals surface area (Å²) < 4.78 is 29.5. The minimum absolute atomic E-state index is 0.110. The van der Waals surface area contributed by atoms with Crippen LogP contribution in [-0.2, 0) is 0 Å². The first-order chi connectivity index (χ1) is 18.1. The molecule has 5 aromatic rings. The third kappa shape index (κ3) is 5.48. The molecule has 5 rings (SSSR count). The van der Waals surface area contributed by atoms with Crippen molar-refractivity contribution in [3.8, 4) is 16.9 Å². The Morgan fingerprint density at radius 3 is 2.00 bits per heavy atom. The Kier molecular flexibility index (Phi) is 7.17. The Labute approximate surface area is 214 Å². The predicted octanol–water partition coefficient (Wildman–Crippen LogP) is 6.77. The third-order valence-corrected chi connectivity index (χ3v) is 6.29. The van der Waals surface area contributed by atoms with Gasteiger partial charge >= 0.3 is 0 Å². The molecule has 0 spiro atoms. The van der Waals surface area contributed by atoms with Gasteiger partial charge in [-0.3, -0.25) is 4.79 Å². The normalized spacial score (nSPS) is 11.0. The summed E-state index contributed by atoms with van der Waals surface area (Å²) in [5.74, 6) is -1.08. The van der Waals surface area contributed by atoms with Crippen molar-refractivity contribution >= 4 is 5.91 Å². The van der Waals surface area contributed by atoms with Crippen LogP contribution in [0.2, 0.25) is 0 Å². The van der Waals surface area contributed by atoms with Gasteiger partial charge in [-0.2, -0.15) is 5.10 Å². The van der Waals surface area contributed by atoms with Crippen LogP contribution < -0.4 is 5.32 Å². The number of hydrogen-bond acceptors (Lipinski definition) is 2. The van der Waals surface area contributed by atoms with E-state index in [0.29, 0.717) is 24.3 Å². The third-order valence-electron chi connectivity index (χ3n) is 6.29. The van der Waals surface area contributed by atoms with Crippen LogP contribution in [0.5, 0.6) is 0 Å². The molecule has 37 heavy (non-hydrogen) atoms. The van der Waals surface area contributed by atoms with Gasteiger partial charge in [-0.25, -0.2) is 13.5 Å². The van der Waals surface area contributed by atoms with Gasteiger partial charge in [-0.1, -0.05) is 72.8 Å². The van der Waals surface area contributed by atoms with Crippen molar-refractivity contribution in [2.45, 2.75) is 12.3 Å². The Morgan fingerprint density at radius 1 is 0.784 bits per heavy atom. The number of hydrogen-bond donors (Lipinski definition) is 1. The lowest BCUT2D eigenvalue weighted by molar-refractivity contribution is 0.0945. The molecule has 0 bridgehead atoms. The van der Waals surface area contributed by atoms with Gasteiger partial charge in [-0.05, 0) is 60.0 Å². The summed E-state index contributed by atoms with van der Waals surface area (Å²) in [5.41, 5.74) is 3.67. The van der Waals surface area contributed by atoms with E-state index in [1.54, 1.807) is 24.3 Å². The van der Waals surface area contributed by atoms with Crippen molar-refractivity contribution in [1.82, 2.24) is 15.1 Å². The molecule has 6 heteroatoms. The van der Waals surface area contributed by atoms with E-state index in [1.807, 2.05) is 36.4 Å². The van der Waals surface area contributed by atoms with Gasteiger partial charge in [0.15, 0.2) is 0 Å². The van der Waals surface area contributed by atoms with Crippen molar-refractivity contribution in [1.29, 1.82) is 0 Å². The van der Waals surface area contributed by atoms with Gasteiger partial charge < -0.3 is 5.32 Å². The fourth-order valence-electron chi connectivity index (χ4n) is 4.44. The highest BCUT2D eigenvalue weighted by Crippen LogP contribution is 2.28. The molecule has 0 aliphatic rings. The zero-order valence-electron chi connectivity index (χ0n) is 20.0. The summed E-state index contributed by atoms with van der Waals surface area (Å²) >= 11 is 0. The van der Waals surface area contributed by atoms with Crippen LogP contribution in [-0.4, -0.2) is 22.2 Å². The highest BCUT2D eigenvalue weighted by atomic mass is 19.1. The fourth-order valence-corrected chi connectivity index (χ4v) is 4.44. The average molecular weight is 494 g/mol. The van der Waals surface area contributed by atoms with Crippen molar-refractivity contribution < 1.29 is 13.6 Å². The maximum Gasteiger partial charge on any atom is 0.270 e. The molecule has 0 radical (unpaired) electrons. The summed E-state index contributed by atoms with van der Waals surface area (Å²) in [6, 6.07) is 33.8. The molecule has 1 heterocycles. The Morgan fingerprint density at radius 2 is 1.38 bits per heavy atom. The lowest BCUT2D eigenvalue weighted by Crippen LogP contribution is -2.28. The molecular formula is C31H25F2N3O. The standard InChI is InChI=1S/C31H25F2N3O/c32-24-15-17-25(18-16-24)36-30(21-29(35-36)27-13-7-8-14-28(27)33)31(37)34-20-19-26(22-9-3-1-4-10-22)23-11-5-2-6-12-23/h1-18,21,26H,19-20H2,(H,34,37). The van der Waals surface area contributed by atoms with Crippen molar-refractivity contribution in [3.05, 3.63) is 144 Å². The van der Waals surface area contributed by atoms with Crippen LogP contribution in [0.1, 0.15) is 34.0 Å². The van der Waals surface area contributed by atoms with Crippen LogP contribution in [0.4, 0.5) is 8.78 Å². The number of amides is 1. The largest absolute Gasteiger partial charge is 0.351 e. The minimum Gasteiger partial charge on any atom is -0.351 e. The first-order valence-electron chi connectivity index (χ1n) is 12.1. The molecule has 1 N–H and O–H groups in total. The van der Waals surface area contributed by atoms with Crippen molar-refractivity contribution in [3.63, 3.8) is 0 Å². The maximum absolute atomic E-state index is 14.5. The number of benzene rings is 4. The van der Waals surface area contributed by atoms with Crippen LogP contribution in [0.15, 0.2) is 115 Å².